The van der Waals surface area contributed by atoms with Crippen LogP contribution in [-0.2, 0) is 26.9 Å². The Kier molecular flexibility index (Phi) is 2.92. The van der Waals surface area contributed by atoms with E-state index < -0.39 is 0 Å². The van der Waals surface area contributed by atoms with Gasteiger partial charge in [0, 0.05) is 31.4 Å². The highest BCUT2D eigenvalue weighted by molar-refractivity contribution is 5.69. The third kappa shape index (κ3) is 1.81. The van der Waals surface area contributed by atoms with Gasteiger partial charge in [0.1, 0.15) is 11.5 Å². The molecule has 0 fully saturated rings. The zero-order valence-electron chi connectivity index (χ0n) is 10.9. The molecule has 0 aliphatic carbocycles. The van der Waals surface area contributed by atoms with Gasteiger partial charge in [0.25, 0.3) is 0 Å². The quantitative estimate of drug-likeness (QED) is 0.874. The third-order valence-corrected chi connectivity index (χ3v) is 3.04. The molecule has 2 rings (SSSR count). The van der Waals surface area contributed by atoms with Crippen molar-refractivity contribution in [3.63, 3.8) is 0 Å². The molecule has 2 N–H and O–H groups in total. The molecule has 2 heterocycles. The van der Waals surface area contributed by atoms with Crippen molar-refractivity contribution in [3.8, 4) is 11.3 Å². The predicted octanol–water partition coefficient (Wildman–Crippen LogP) is 1.53. The van der Waals surface area contributed by atoms with Crippen molar-refractivity contribution >= 4 is 5.82 Å². The van der Waals surface area contributed by atoms with E-state index in [0.29, 0.717) is 0 Å². The fraction of sp³-hybridized carbons (Fsp3) is 0.500. The Bertz CT molecular complexity index is 535. The average molecular weight is 233 g/mol. The first-order chi connectivity index (χ1) is 8.08. The van der Waals surface area contributed by atoms with Crippen LogP contribution < -0.4 is 5.73 Å². The molecule has 17 heavy (non-hydrogen) atoms. The molecule has 0 amide bonds. The average Bonchev–Trinajstić information content (AvgIpc) is 2.81. The van der Waals surface area contributed by atoms with E-state index in [-0.39, 0.29) is 0 Å². The monoisotopic (exact) mass is 233 g/mol. The van der Waals surface area contributed by atoms with Crippen LogP contribution in [0.1, 0.15) is 25.1 Å². The number of nitrogens with two attached hydrogens (primary N) is 1. The summed E-state index contributed by atoms with van der Waals surface area (Å²) in [4.78, 5) is 0. The molecule has 0 unspecified atom stereocenters. The highest BCUT2D eigenvalue weighted by atomic mass is 15.3. The van der Waals surface area contributed by atoms with Gasteiger partial charge in [-0.3, -0.25) is 9.36 Å². The van der Waals surface area contributed by atoms with Crippen molar-refractivity contribution in [3.05, 3.63) is 17.5 Å². The number of hydrogen-bond acceptors (Lipinski definition) is 3. The highest BCUT2D eigenvalue weighted by Gasteiger charge is 2.18. The Morgan fingerprint density at radius 1 is 1.18 bits per heavy atom. The molecular formula is C12H19N5. The van der Waals surface area contributed by atoms with Gasteiger partial charge in [-0.1, -0.05) is 13.8 Å². The number of anilines is 1. The fourth-order valence-electron chi connectivity index (χ4n) is 2.14. The molecule has 5 nitrogen and oxygen atoms in total. The predicted molar refractivity (Wildman–Crippen MR) is 68.6 cm³/mol. The minimum Gasteiger partial charge on any atom is -0.384 e. The number of aromatic nitrogens is 4. The van der Waals surface area contributed by atoms with Crippen molar-refractivity contribution in [2.24, 2.45) is 14.1 Å². The molecular weight excluding hydrogens is 214 g/mol. The summed E-state index contributed by atoms with van der Waals surface area (Å²) in [5.41, 5.74) is 10.3. The van der Waals surface area contributed by atoms with Gasteiger partial charge in [0.15, 0.2) is 0 Å². The molecule has 2 aromatic rings. The zero-order chi connectivity index (χ0) is 12.6. The first-order valence-electron chi connectivity index (χ1n) is 5.92. The van der Waals surface area contributed by atoms with Gasteiger partial charge in [-0.2, -0.15) is 10.2 Å². The van der Waals surface area contributed by atoms with Gasteiger partial charge in [-0.15, -0.1) is 0 Å². The summed E-state index contributed by atoms with van der Waals surface area (Å²) in [6.45, 7) is 4.20. The maximum absolute atomic E-state index is 6.02. The number of rotatable bonds is 3. The molecule has 0 atom stereocenters. The van der Waals surface area contributed by atoms with Crippen LogP contribution in [0.3, 0.4) is 0 Å². The lowest BCUT2D eigenvalue weighted by Crippen LogP contribution is -1.98. The Balaban J connectivity index is 2.63. The van der Waals surface area contributed by atoms with Crippen LogP contribution in [0.15, 0.2) is 6.20 Å². The molecule has 0 aromatic carbocycles. The lowest BCUT2D eigenvalue weighted by Gasteiger charge is -1.99. The van der Waals surface area contributed by atoms with E-state index in [0.717, 1.165) is 41.2 Å². The molecule has 0 bridgehead atoms. The van der Waals surface area contributed by atoms with E-state index in [4.69, 9.17) is 5.73 Å². The van der Waals surface area contributed by atoms with Crippen LogP contribution in [0.5, 0.6) is 0 Å². The molecule has 0 saturated carbocycles. The molecule has 0 aliphatic heterocycles. The maximum Gasteiger partial charge on any atom is 0.125 e. The van der Waals surface area contributed by atoms with Crippen LogP contribution in [-0.4, -0.2) is 19.6 Å². The van der Waals surface area contributed by atoms with Crippen molar-refractivity contribution in [1.29, 1.82) is 0 Å². The topological polar surface area (TPSA) is 61.7 Å². The molecule has 0 spiro atoms. The second-order valence-electron chi connectivity index (χ2n) is 4.21. The first-order valence-corrected chi connectivity index (χ1v) is 5.92. The Hall–Kier alpha value is -1.78. The molecule has 2 aromatic heterocycles. The van der Waals surface area contributed by atoms with Crippen molar-refractivity contribution in [2.45, 2.75) is 26.7 Å². The van der Waals surface area contributed by atoms with Crippen LogP contribution in [0.4, 0.5) is 5.82 Å². The van der Waals surface area contributed by atoms with E-state index in [9.17, 15) is 0 Å². The number of hydrogen-bond donors (Lipinski definition) is 1. The Morgan fingerprint density at radius 2 is 1.88 bits per heavy atom. The normalized spacial score (nSPS) is 11.1. The van der Waals surface area contributed by atoms with Crippen LogP contribution in [0.25, 0.3) is 11.3 Å². The van der Waals surface area contributed by atoms with Crippen LogP contribution >= 0.6 is 0 Å². The van der Waals surface area contributed by atoms with Crippen molar-refractivity contribution in [2.75, 3.05) is 5.73 Å². The van der Waals surface area contributed by atoms with Gasteiger partial charge in [-0.05, 0) is 12.8 Å². The summed E-state index contributed by atoms with van der Waals surface area (Å²) < 4.78 is 3.57. The van der Waals surface area contributed by atoms with E-state index in [1.807, 2.05) is 25.0 Å². The zero-order valence-corrected chi connectivity index (χ0v) is 10.9. The van der Waals surface area contributed by atoms with E-state index in [2.05, 4.69) is 24.0 Å². The van der Waals surface area contributed by atoms with Gasteiger partial charge in [-0.25, -0.2) is 0 Å². The van der Waals surface area contributed by atoms with Gasteiger partial charge < -0.3 is 5.73 Å². The molecule has 0 radical (unpaired) electrons. The Morgan fingerprint density at radius 3 is 2.47 bits per heavy atom. The van der Waals surface area contributed by atoms with E-state index >= 15 is 0 Å². The molecule has 92 valence electrons. The summed E-state index contributed by atoms with van der Waals surface area (Å²) in [7, 11) is 3.81. The molecule has 0 aliphatic rings. The SMILES string of the molecule is CCc1nn(C)cc1-c1nn(C)c(N)c1CC. The Labute approximate surface area is 101 Å². The fourth-order valence-corrected chi connectivity index (χ4v) is 2.14. The third-order valence-electron chi connectivity index (χ3n) is 3.04. The largest absolute Gasteiger partial charge is 0.384 e. The summed E-state index contributed by atoms with van der Waals surface area (Å²) in [6.07, 6.45) is 3.79. The lowest BCUT2D eigenvalue weighted by atomic mass is 10.1. The first kappa shape index (κ1) is 11.7. The van der Waals surface area contributed by atoms with E-state index in [1.165, 1.54) is 0 Å². The highest BCUT2D eigenvalue weighted by Crippen LogP contribution is 2.29. The van der Waals surface area contributed by atoms with E-state index in [1.54, 1.807) is 4.68 Å². The summed E-state index contributed by atoms with van der Waals surface area (Å²) in [5.74, 6) is 0.744. The van der Waals surface area contributed by atoms with Crippen LogP contribution in [0, 0.1) is 0 Å². The number of aryl methyl sites for hydroxylation is 3. The summed E-state index contributed by atoms with van der Waals surface area (Å²) >= 11 is 0. The van der Waals surface area contributed by atoms with Crippen molar-refractivity contribution < 1.29 is 0 Å². The molecule has 5 heteroatoms. The maximum atomic E-state index is 6.02. The minimum absolute atomic E-state index is 0.744. The lowest BCUT2D eigenvalue weighted by molar-refractivity contribution is 0.746. The molecule has 0 saturated heterocycles. The van der Waals surface area contributed by atoms with Gasteiger partial charge in [0.05, 0.1) is 5.69 Å². The smallest absolute Gasteiger partial charge is 0.125 e. The summed E-state index contributed by atoms with van der Waals surface area (Å²) in [6, 6.07) is 0. The second kappa shape index (κ2) is 4.24. The second-order valence-corrected chi connectivity index (χ2v) is 4.21. The standard InChI is InChI=1S/C12H19N5/c1-5-8-11(15-17(4)12(8)13)9-7-16(3)14-10(9)6-2/h7H,5-6,13H2,1-4H3. The van der Waals surface area contributed by atoms with Crippen LogP contribution in [0.2, 0.25) is 0 Å². The van der Waals surface area contributed by atoms with Gasteiger partial charge >= 0.3 is 0 Å². The number of nitrogen functional groups attached to an aromatic ring is 1. The van der Waals surface area contributed by atoms with Crippen molar-refractivity contribution in [1.82, 2.24) is 19.6 Å². The summed E-state index contributed by atoms with van der Waals surface area (Å²) in [5, 5.41) is 8.96. The van der Waals surface area contributed by atoms with Gasteiger partial charge in [0.2, 0.25) is 0 Å². The number of nitrogens with zero attached hydrogens (tertiary/aromatic N) is 4. The minimum atomic E-state index is 0.744.